The number of halogens is 1. The van der Waals surface area contributed by atoms with Crippen LogP contribution < -0.4 is 11.3 Å². The number of rotatable bonds is 4. The number of pyridine rings is 1. The molecule has 0 radical (unpaired) electrons. The first-order valence-corrected chi connectivity index (χ1v) is 6.82. The van der Waals surface area contributed by atoms with Gasteiger partial charge in [-0.15, -0.1) is 0 Å². The number of benzene rings is 2. The summed E-state index contributed by atoms with van der Waals surface area (Å²) in [5.74, 6) is 5.48. The van der Waals surface area contributed by atoms with Crippen LogP contribution in [0.4, 0.5) is 4.39 Å². The standard InChI is InChI=1S/C17H16FN3/c18-16-8-4-2-5-12(16)9-17(21-19)15-11-20-10-13-6-1-3-7-14(13)15/h1-8,10-11,17,21H,9,19H2. The molecule has 3 N–H and O–H groups in total. The number of nitrogens with zero attached hydrogens (tertiary/aromatic N) is 1. The molecule has 1 heterocycles. The summed E-state index contributed by atoms with van der Waals surface area (Å²) in [5.41, 5.74) is 4.38. The number of aromatic nitrogens is 1. The zero-order valence-electron chi connectivity index (χ0n) is 11.5. The summed E-state index contributed by atoms with van der Waals surface area (Å²) >= 11 is 0. The molecule has 0 amide bonds. The Balaban J connectivity index is 2.01. The lowest BCUT2D eigenvalue weighted by Gasteiger charge is -2.18. The van der Waals surface area contributed by atoms with Gasteiger partial charge >= 0.3 is 0 Å². The van der Waals surface area contributed by atoms with E-state index in [-0.39, 0.29) is 11.9 Å². The maximum atomic E-state index is 13.8. The third-order valence-electron chi connectivity index (χ3n) is 3.66. The van der Waals surface area contributed by atoms with Crippen LogP contribution in [0.2, 0.25) is 0 Å². The highest BCUT2D eigenvalue weighted by Crippen LogP contribution is 2.26. The molecule has 0 fully saturated rings. The van der Waals surface area contributed by atoms with Crippen molar-refractivity contribution in [1.29, 1.82) is 0 Å². The van der Waals surface area contributed by atoms with Crippen molar-refractivity contribution in [3.63, 3.8) is 0 Å². The van der Waals surface area contributed by atoms with Gasteiger partial charge in [0.15, 0.2) is 0 Å². The van der Waals surface area contributed by atoms with Gasteiger partial charge < -0.3 is 0 Å². The minimum Gasteiger partial charge on any atom is -0.271 e. The summed E-state index contributed by atoms with van der Waals surface area (Å²) in [7, 11) is 0. The molecule has 4 heteroatoms. The van der Waals surface area contributed by atoms with E-state index in [1.54, 1.807) is 18.3 Å². The number of hydrogen-bond acceptors (Lipinski definition) is 3. The lowest BCUT2D eigenvalue weighted by Crippen LogP contribution is -2.30. The predicted molar refractivity (Wildman–Crippen MR) is 81.9 cm³/mol. The highest BCUT2D eigenvalue weighted by molar-refractivity contribution is 5.85. The minimum absolute atomic E-state index is 0.194. The molecule has 106 valence electrons. The third kappa shape index (κ3) is 2.77. The van der Waals surface area contributed by atoms with Crippen LogP contribution in [-0.2, 0) is 6.42 Å². The van der Waals surface area contributed by atoms with Gasteiger partial charge in [0.25, 0.3) is 0 Å². The maximum absolute atomic E-state index is 13.8. The summed E-state index contributed by atoms with van der Waals surface area (Å²) in [6.45, 7) is 0. The van der Waals surface area contributed by atoms with Gasteiger partial charge in [-0.1, -0.05) is 42.5 Å². The fraction of sp³-hybridized carbons (Fsp3) is 0.118. The molecule has 0 spiro atoms. The Bertz CT molecular complexity index is 752. The van der Waals surface area contributed by atoms with Gasteiger partial charge in [0.2, 0.25) is 0 Å². The van der Waals surface area contributed by atoms with Crippen molar-refractivity contribution in [2.75, 3.05) is 0 Å². The fourth-order valence-electron chi connectivity index (χ4n) is 2.56. The van der Waals surface area contributed by atoms with E-state index < -0.39 is 0 Å². The normalized spacial score (nSPS) is 12.5. The van der Waals surface area contributed by atoms with E-state index in [0.29, 0.717) is 12.0 Å². The van der Waals surface area contributed by atoms with E-state index >= 15 is 0 Å². The van der Waals surface area contributed by atoms with Crippen LogP contribution in [0, 0.1) is 5.82 Å². The molecule has 0 aliphatic rings. The smallest absolute Gasteiger partial charge is 0.126 e. The zero-order valence-corrected chi connectivity index (χ0v) is 11.5. The quantitative estimate of drug-likeness (QED) is 0.570. The predicted octanol–water partition coefficient (Wildman–Crippen LogP) is 3.12. The van der Waals surface area contributed by atoms with E-state index in [4.69, 9.17) is 5.84 Å². The molecule has 1 atom stereocenters. The Labute approximate surface area is 122 Å². The molecule has 0 bridgehead atoms. The van der Waals surface area contributed by atoms with E-state index in [2.05, 4.69) is 10.4 Å². The molecule has 2 aromatic carbocycles. The maximum Gasteiger partial charge on any atom is 0.126 e. The fourth-order valence-corrected chi connectivity index (χ4v) is 2.56. The number of nitrogens with two attached hydrogens (primary N) is 1. The molecule has 0 saturated carbocycles. The van der Waals surface area contributed by atoms with E-state index in [0.717, 1.165) is 16.3 Å². The number of hydrogen-bond donors (Lipinski definition) is 2. The van der Waals surface area contributed by atoms with Crippen molar-refractivity contribution < 1.29 is 4.39 Å². The molecule has 1 unspecified atom stereocenters. The molecule has 0 saturated heterocycles. The van der Waals surface area contributed by atoms with Crippen LogP contribution >= 0.6 is 0 Å². The Hall–Kier alpha value is -2.30. The van der Waals surface area contributed by atoms with Gasteiger partial charge in [-0.25, -0.2) is 4.39 Å². The second kappa shape index (κ2) is 5.99. The van der Waals surface area contributed by atoms with Crippen molar-refractivity contribution >= 4 is 10.8 Å². The van der Waals surface area contributed by atoms with Crippen molar-refractivity contribution in [2.24, 2.45) is 5.84 Å². The summed E-state index contributed by atoms with van der Waals surface area (Å²) in [6, 6.07) is 14.5. The van der Waals surface area contributed by atoms with Crippen LogP contribution in [0.5, 0.6) is 0 Å². The number of nitrogens with one attached hydrogen (secondary N) is 1. The van der Waals surface area contributed by atoms with Crippen molar-refractivity contribution in [3.05, 3.63) is 77.9 Å². The Morgan fingerprint density at radius 2 is 1.81 bits per heavy atom. The molecule has 1 aromatic heterocycles. The Kier molecular flexibility index (Phi) is 3.90. The highest BCUT2D eigenvalue weighted by Gasteiger charge is 2.15. The third-order valence-corrected chi connectivity index (χ3v) is 3.66. The molecule has 3 aromatic rings. The highest BCUT2D eigenvalue weighted by atomic mass is 19.1. The number of hydrazine groups is 1. The molecule has 3 nitrogen and oxygen atoms in total. The summed E-state index contributed by atoms with van der Waals surface area (Å²) < 4.78 is 13.8. The van der Waals surface area contributed by atoms with Gasteiger partial charge in [0.1, 0.15) is 5.82 Å². The molecule has 3 rings (SSSR count). The van der Waals surface area contributed by atoms with Crippen LogP contribution in [-0.4, -0.2) is 4.98 Å². The first-order chi connectivity index (χ1) is 10.3. The van der Waals surface area contributed by atoms with Crippen molar-refractivity contribution in [2.45, 2.75) is 12.5 Å². The minimum atomic E-state index is -0.217. The lowest BCUT2D eigenvalue weighted by atomic mass is 9.96. The second-order valence-electron chi connectivity index (χ2n) is 4.96. The molecular formula is C17H16FN3. The van der Waals surface area contributed by atoms with Crippen molar-refractivity contribution in [1.82, 2.24) is 10.4 Å². The van der Waals surface area contributed by atoms with Crippen LogP contribution in [0.25, 0.3) is 10.8 Å². The van der Waals surface area contributed by atoms with E-state index in [1.807, 2.05) is 36.5 Å². The molecule has 0 aliphatic heterocycles. The van der Waals surface area contributed by atoms with Crippen LogP contribution in [0.3, 0.4) is 0 Å². The summed E-state index contributed by atoms with van der Waals surface area (Å²) in [6.07, 6.45) is 4.07. The lowest BCUT2D eigenvalue weighted by molar-refractivity contribution is 0.531. The summed E-state index contributed by atoms with van der Waals surface area (Å²) in [4.78, 5) is 4.26. The van der Waals surface area contributed by atoms with Crippen molar-refractivity contribution in [3.8, 4) is 0 Å². The number of fused-ring (bicyclic) bond motifs is 1. The average Bonchev–Trinajstić information content (AvgIpc) is 2.54. The van der Waals surface area contributed by atoms with Crippen LogP contribution in [0.15, 0.2) is 60.9 Å². The van der Waals surface area contributed by atoms with Gasteiger partial charge in [0, 0.05) is 17.8 Å². The Morgan fingerprint density at radius 1 is 1.05 bits per heavy atom. The molecular weight excluding hydrogens is 265 g/mol. The van der Waals surface area contributed by atoms with Gasteiger partial charge in [0.05, 0.1) is 6.04 Å². The Morgan fingerprint density at radius 3 is 2.62 bits per heavy atom. The largest absolute Gasteiger partial charge is 0.271 e. The van der Waals surface area contributed by atoms with Gasteiger partial charge in [-0.2, -0.15) is 0 Å². The molecule has 0 aliphatic carbocycles. The summed E-state index contributed by atoms with van der Waals surface area (Å²) in [5, 5.41) is 2.12. The van der Waals surface area contributed by atoms with Crippen LogP contribution in [0.1, 0.15) is 17.2 Å². The monoisotopic (exact) mass is 281 g/mol. The average molecular weight is 281 g/mol. The topological polar surface area (TPSA) is 50.9 Å². The SMILES string of the molecule is NNC(Cc1ccccc1F)c1cncc2ccccc12. The van der Waals surface area contributed by atoms with Gasteiger partial charge in [-0.3, -0.25) is 16.3 Å². The molecule has 21 heavy (non-hydrogen) atoms. The van der Waals surface area contributed by atoms with Gasteiger partial charge in [-0.05, 0) is 29.0 Å². The van der Waals surface area contributed by atoms with E-state index in [9.17, 15) is 4.39 Å². The zero-order chi connectivity index (χ0) is 14.7. The van der Waals surface area contributed by atoms with E-state index in [1.165, 1.54) is 6.07 Å². The first-order valence-electron chi connectivity index (χ1n) is 6.82. The first kappa shape index (κ1) is 13.7. The second-order valence-corrected chi connectivity index (χ2v) is 4.96.